The second kappa shape index (κ2) is 6.38. The van der Waals surface area contributed by atoms with Crippen LogP contribution in [-0.2, 0) is 6.42 Å². The third-order valence-corrected chi connectivity index (χ3v) is 3.53. The second-order valence-electron chi connectivity index (χ2n) is 4.38. The molecule has 0 bridgehead atoms. The van der Waals surface area contributed by atoms with Crippen molar-refractivity contribution in [3.05, 3.63) is 34.3 Å². The molecule has 1 aromatic carbocycles. The van der Waals surface area contributed by atoms with E-state index in [0.29, 0.717) is 6.04 Å². The Morgan fingerprint density at radius 3 is 3.12 bits per heavy atom. The molecule has 2 nitrogen and oxygen atoms in total. The van der Waals surface area contributed by atoms with E-state index in [1.54, 1.807) is 0 Å². The van der Waals surface area contributed by atoms with Gasteiger partial charge in [0.15, 0.2) is 0 Å². The van der Waals surface area contributed by atoms with E-state index in [4.69, 9.17) is 0 Å². The van der Waals surface area contributed by atoms with Crippen molar-refractivity contribution >= 4 is 15.9 Å². The average molecular weight is 283 g/mol. The van der Waals surface area contributed by atoms with Crippen molar-refractivity contribution in [3.8, 4) is 0 Å². The zero-order valence-corrected chi connectivity index (χ0v) is 11.1. The molecule has 1 heterocycles. The minimum Gasteiger partial charge on any atom is -0.315 e. The lowest BCUT2D eigenvalue weighted by atomic mass is 10.1. The molecule has 1 aromatic rings. The Labute approximate surface area is 106 Å². The van der Waals surface area contributed by atoms with E-state index in [1.165, 1.54) is 29.4 Å². The molecule has 3 heteroatoms. The van der Waals surface area contributed by atoms with Crippen molar-refractivity contribution in [3.63, 3.8) is 0 Å². The van der Waals surface area contributed by atoms with Crippen molar-refractivity contribution < 1.29 is 0 Å². The maximum Gasteiger partial charge on any atom is 0.0192 e. The smallest absolute Gasteiger partial charge is 0.0192 e. The average Bonchev–Trinajstić information content (AvgIpc) is 2.77. The molecule has 2 rings (SSSR count). The second-order valence-corrected chi connectivity index (χ2v) is 5.29. The van der Waals surface area contributed by atoms with Crippen molar-refractivity contribution in [2.75, 3.05) is 19.6 Å². The van der Waals surface area contributed by atoms with Gasteiger partial charge in [-0.25, -0.2) is 0 Å². The van der Waals surface area contributed by atoms with Gasteiger partial charge in [0.2, 0.25) is 0 Å². The van der Waals surface area contributed by atoms with Crippen LogP contribution in [0.5, 0.6) is 0 Å². The Bertz CT molecular complexity index is 321. The fourth-order valence-corrected chi connectivity index (χ4v) is 2.58. The zero-order chi connectivity index (χ0) is 11.2. The molecule has 0 spiro atoms. The molecule has 16 heavy (non-hydrogen) atoms. The third kappa shape index (κ3) is 3.89. The van der Waals surface area contributed by atoms with Crippen LogP contribution in [0.15, 0.2) is 28.7 Å². The van der Waals surface area contributed by atoms with Crippen LogP contribution in [0.4, 0.5) is 0 Å². The maximum absolute atomic E-state index is 3.52. The van der Waals surface area contributed by atoms with Gasteiger partial charge < -0.3 is 10.6 Å². The molecule has 0 saturated carbocycles. The lowest BCUT2D eigenvalue weighted by Crippen LogP contribution is -2.34. The van der Waals surface area contributed by atoms with Crippen LogP contribution < -0.4 is 10.6 Å². The predicted octanol–water partition coefficient (Wildman–Crippen LogP) is 2.33. The number of benzene rings is 1. The molecule has 1 atom stereocenters. The molecule has 1 aliphatic heterocycles. The minimum absolute atomic E-state index is 0.697. The van der Waals surface area contributed by atoms with Crippen LogP contribution in [0.25, 0.3) is 0 Å². The van der Waals surface area contributed by atoms with E-state index in [1.807, 2.05) is 0 Å². The van der Waals surface area contributed by atoms with Crippen molar-refractivity contribution in [2.45, 2.75) is 25.3 Å². The highest BCUT2D eigenvalue weighted by Gasteiger charge is 2.12. The Balaban J connectivity index is 1.64. The number of hydrogen-bond acceptors (Lipinski definition) is 2. The van der Waals surface area contributed by atoms with Gasteiger partial charge in [-0.1, -0.05) is 28.1 Å². The Kier molecular flexibility index (Phi) is 4.82. The summed E-state index contributed by atoms with van der Waals surface area (Å²) in [5.41, 5.74) is 1.39. The normalized spacial score (nSPS) is 20.2. The molecule has 0 amide bonds. The number of nitrogens with one attached hydrogen (secondary N) is 2. The molecule has 0 unspecified atom stereocenters. The largest absolute Gasteiger partial charge is 0.315 e. The molecule has 1 aliphatic rings. The van der Waals surface area contributed by atoms with Gasteiger partial charge in [0, 0.05) is 17.1 Å². The lowest BCUT2D eigenvalue weighted by molar-refractivity contribution is 0.537. The molecule has 1 saturated heterocycles. The van der Waals surface area contributed by atoms with Gasteiger partial charge in [-0.2, -0.15) is 0 Å². The van der Waals surface area contributed by atoms with Gasteiger partial charge >= 0.3 is 0 Å². The summed E-state index contributed by atoms with van der Waals surface area (Å²) in [7, 11) is 0. The molecule has 1 fully saturated rings. The Morgan fingerprint density at radius 1 is 1.44 bits per heavy atom. The van der Waals surface area contributed by atoms with Crippen LogP contribution >= 0.6 is 15.9 Å². The first kappa shape index (κ1) is 12.1. The topological polar surface area (TPSA) is 24.1 Å². The van der Waals surface area contributed by atoms with Crippen LogP contribution in [0.1, 0.15) is 18.4 Å². The molecular formula is C13H19BrN2. The number of hydrogen-bond donors (Lipinski definition) is 2. The van der Waals surface area contributed by atoms with E-state index in [0.717, 1.165) is 19.5 Å². The fraction of sp³-hybridized carbons (Fsp3) is 0.538. The first-order valence-corrected chi connectivity index (χ1v) is 6.82. The molecule has 88 valence electrons. The van der Waals surface area contributed by atoms with Gasteiger partial charge in [0.25, 0.3) is 0 Å². The highest BCUT2D eigenvalue weighted by atomic mass is 79.9. The monoisotopic (exact) mass is 282 g/mol. The Hall–Kier alpha value is -0.380. The summed E-state index contributed by atoms with van der Waals surface area (Å²) in [6.45, 7) is 3.36. The minimum atomic E-state index is 0.697. The quantitative estimate of drug-likeness (QED) is 0.810. The third-order valence-electron chi connectivity index (χ3n) is 3.03. The van der Waals surface area contributed by atoms with Gasteiger partial charge in [0.1, 0.15) is 0 Å². The number of rotatable bonds is 5. The Morgan fingerprint density at radius 2 is 2.38 bits per heavy atom. The molecule has 0 aromatic heterocycles. The standard InChI is InChI=1S/C13H19BrN2/c14-12-4-1-3-11(9-12)6-8-15-10-13-5-2-7-16-13/h1,3-4,9,13,15-16H,2,5-8,10H2/t13-/m0/s1. The van der Waals surface area contributed by atoms with Crippen LogP contribution in [0.3, 0.4) is 0 Å². The summed E-state index contributed by atoms with van der Waals surface area (Å²) in [6.07, 6.45) is 3.76. The summed E-state index contributed by atoms with van der Waals surface area (Å²) in [5, 5.41) is 7.01. The van der Waals surface area contributed by atoms with E-state index in [2.05, 4.69) is 50.8 Å². The predicted molar refractivity (Wildman–Crippen MR) is 71.7 cm³/mol. The van der Waals surface area contributed by atoms with E-state index in [9.17, 15) is 0 Å². The fourth-order valence-electron chi connectivity index (χ4n) is 2.13. The SMILES string of the molecule is Brc1cccc(CCNC[C@@H]2CCCN2)c1. The summed E-state index contributed by atoms with van der Waals surface area (Å²) < 4.78 is 1.17. The van der Waals surface area contributed by atoms with Crippen molar-refractivity contribution in [1.82, 2.24) is 10.6 Å². The highest BCUT2D eigenvalue weighted by Crippen LogP contribution is 2.11. The summed E-state index contributed by atoms with van der Waals surface area (Å²) in [4.78, 5) is 0. The molecular weight excluding hydrogens is 264 g/mol. The van der Waals surface area contributed by atoms with Gasteiger partial charge in [0.05, 0.1) is 0 Å². The van der Waals surface area contributed by atoms with Crippen LogP contribution in [-0.4, -0.2) is 25.7 Å². The maximum atomic E-state index is 3.52. The lowest BCUT2D eigenvalue weighted by Gasteiger charge is -2.11. The van der Waals surface area contributed by atoms with E-state index in [-0.39, 0.29) is 0 Å². The van der Waals surface area contributed by atoms with Gasteiger partial charge in [-0.3, -0.25) is 0 Å². The van der Waals surface area contributed by atoms with Crippen molar-refractivity contribution in [2.24, 2.45) is 0 Å². The highest BCUT2D eigenvalue weighted by molar-refractivity contribution is 9.10. The number of halogens is 1. The summed E-state index contributed by atoms with van der Waals surface area (Å²) >= 11 is 3.49. The molecule has 2 N–H and O–H groups in total. The summed E-state index contributed by atoms with van der Waals surface area (Å²) in [5.74, 6) is 0. The van der Waals surface area contributed by atoms with Gasteiger partial charge in [-0.05, 0) is 50.0 Å². The summed E-state index contributed by atoms with van der Waals surface area (Å²) in [6, 6.07) is 9.23. The first-order valence-electron chi connectivity index (χ1n) is 6.03. The van der Waals surface area contributed by atoms with Crippen molar-refractivity contribution in [1.29, 1.82) is 0 Å². The zero-order valence-electron chi connectivity index (χ0n) is 9.51. The van der Waals surface area contributed by atoms with Crippen LogP contribution in [0, 0.1) is 0 Å². The van der Waals surface area contributed by atoms with Gasteiger partial charge in [-0.15, -0.1) is 0 Å². The van der Waals surface area contributed by atoms with Crippen LogP contribution in [0.2, 0.25) is 0 Å². The van der Waals surface area contributed by atoms with E-state index >= 15 is 0 Å². The first-order chi connectivity index (χ1) is 7.84. The van der Waals surface area contributed by atoms with E-state index < -0.39 is 0 Å². The molecule has 0 aliphatic carbocycles. The molecule has 0 radical (unpaired) electrons.